The fourth-order valence-electron chi connectivity index (χ4n) is 1.50. The summed E-state index contributed by atoms with van der Waals surface area (Å²) in [6, 6.07) is 5.53. The van der Waals surface area contributed by atoms with E-state index in [1.807, 2.05) is 26.0 Å². The SMILES string of the molecule is Cc1ncc(C(=O)Nc2c(C)cccc2N)s1. The Bertz CT molecular complexity index is 542. The number of nitrogens with one attached hydrogen (secondary N) is 1. The highest BCUT2D eigenvalue weighted by Crippen LogP contribution is 2.24. The Labute approximate surface area is 103 Å². The normalized spacial score (nSPS) is 10.2. The maximum Gasteiger partial charge on any atom is 0.267 e. The van der Waals surface area contributed by atoms with Gasteiger partial charge in [0.1, 0.15) is 4.88 Å². The van der Waals surface area contributed by atoms with E-state index < -0.39 is 0 Å². The van der Waals surface area contributed by atoms with Crippen LogP contribution in [0.2, 0.25) is 0 Å². The zero-order valence-electron chi connectivity index (χ0n) is 9.65. The molecular weight excluding hydrogens is 234 g/mol. The molecule has 0 fully saturated rings. The number of amides is 1. The molecule has 1 heterocycles. The second-order valence-corrected chi connectivity index (χ2v) is 4.97. The summed E-state index contributed by atoms with van der Waals surface area (Å²) in [5.74, 6) is -0.170. The molecule has 0 spiro atoms. The van der Waals surface area contributed by atoms with Crippen molar-refractivity contribution in [2.45, 2.75) is 13.8 Å². The molecule has 0 radical (unpaired) electrons. The van der Waals surface area contributed by atoms with Crippen LogP contribution in [0.25, 0.3) is 0 Å². The van der Waals surface area contributed by atoms with Crippen LogP contribution in [0.5, 0.6) is 0 Å². The third-order valence-electron chi connectivity index (χ3n) is 2.39. The maximum atomic E-state index is 11.9. The van der Waals surface area contributed by atoms with Gasteiger partial charge in [-0.3, -0.25) is 4.79 Å². The molecule has 0 saturated heterocycles. The van der Waals surface area contributed by atoms with Gasteiger partial charge in [-0.05, 0) is 25.5 Å². The average molecular weight is 247 g/mol. The standard InChI is InChI=1S/C12H13N3OS/c1-7-4-3-5-9(13)11(7)15-12(16)10-6-14-8(2)17-10/h3-6H,13H2,1-2H3,(H,15,16). The smallest absolute Gasteiger partial charge is 0.267 e. The number of aromatic nitrogens is 1. The average Bonchev–Trinajstić information content (AvgIpc) is 2.70. The number of benzene rings is 1. The van der Waals surface area contributed by atoms with E-state index in [1.54, 1.807) is 12.3 Å². The molecule has 0 saturated carbocycles. The summed E-state index contributed by atoms with van der Waals surface area (Å²) >= 11 is 1.36. The van der Waals surface area contributed by atoms with Crippen LogP contribution in [-0.2, 0) is 0 Å². The molecule has 4 nitrogen and oxygen atoms in total. The third-order valence-corrected chi connectivity index (χ3v) is 3.30. The Kier molecular flexibility index (Phi) is 3.10. The molecular formula is C12H13N3OS. The Balaban J connectivity index is 2.24. The molecule has 88 valence electrons. The van der Waals surface area contributed by atoms with E-state index in [-0.39, 0.29) is 5.91 Å². The Morgan fingerprint density at radius 3 is 2.76 bits per heavy atom. The van der Waals surface area contributed by atoms with Crippen molar-refractivity contribution >= 4 is 28.6 Å². The molecule has 0 aliphatic heterocycles. The number of carbonyl (C=O) groups is 1. The van der Waals surface area contributed by atoms with Gasteiger partial charge in [0, 0.05) is 0 Å². The summed E-state index contributed by atoms with van der Waals surface area (Å²) in [4.78, 5) is 16.6. The van der Waals surface area contributed by atoms with Crippen LogP contribution >= 0.6 is 11.3 Å². The van der Waals surface area contributed by atoms with Gasteiger partial charge in [0.05, 0.1) is 22.6 Å². The number of nitrogens with two attached hydrogens (primary N) is 1. The van der Waals surface area contributed by atoms with Crippen LogP contribution in [-0.4, -0.2) is 10.9 Å². The van der Waals surface area contributed by atoms with Gasteiger partial charge in [-0.15, -0.1) is 11.3 Å². The molecule has 0 aliphatic carbocycles. The summed E-state index contributed by atoms with van der Waals surface area (Å²) < 4.78 is 0. The monoisotopic (exact) mass is 247 g/mol. The number of thiazole rings is 1. The third kappa shape index (κ3) is 2.45. The lowest BCUT2D eigenvalue weighted by molar-refractivity contribution is 0.103. The topological polar surface area (TPSA) is 68.0 Å². The number of nitrogen functional groups attached to an aromatic ring is 1. The fraction of sp³-hybridized carbons (Fsp3) is 0.167. The van der Waals surface area contributed by atoms with Crippen molar-refractivity contribution in [2.24, 2.45) is 0 Å². The second-order valence-electron chi connectivity index (χ2n) is 3.74. The Morgan fingerprint density at radius 2 is 2.18 bits per heavy atom. The highest BCUT2D eigenvalue weighted by Gasteiger charge is 2.12. The largest absolute Gasteiger partial charge is 0.397 e. The first-order chi connectivity index (χ1) is 8.08. The first-order valence-electron chi connectivity index (χ1n) is 5.17. The van der Waals surface area contributed by atoms with Gasteiger partial charge in [-0.25, -0.2) is 4.98 Å². The predicted molar refractivity (Wildman–Crippen MR) is 70.4 cm³/mol. The van der Waals surface area contributed by atoms with E-state index in [1.165, 1.54) is 11.3 Å². The van der Waals surface area contributed by atoms with Crippen LogP contribution in [0, 0.1) is 13.8 Å². The van der Waals surface area contributed by atoms with E-state index >= 15 is 0 Å². The Morgan fingerprint density at radius 1 is 1.41 bits per heavy atom. The molecule has 0 unspecified atom stereocenters. The molecule has 0 bridgehead atoms. The minimum atomic E-state index is -0.170. The maximum absolute atomic E-state index is 11.9. The molecule has 1 aromatic heterocycles. The number of nitrogens with zero attached hydrogens (tertiary/aromatic N) is 1. The van der Waals surface area contributed by atoms with Gasteiger partial charge in [0.25, 0.3) is 5.91 Å². The molecule has 2 rings (SSSR count). The number of carbonyl (C=O) groups excluding carboxylic acids is 1. The summed E-state index contributed by atoms with van der Waals surface area (Å²) in [6.07, 6.45) is 1.57. The van der Waals surface area contributed by atoms with Gasteiger partial charge in [-0.1, -0.05) is 12.1 Å². The van der Waals surface area contributed by atoms with E-state index in [0.717, 1.165) is 10.6 Å². The van der Waals surface area contributed by atoms with Gasteiger partial charge in [0.15, 0.2) is 0 Å². The van der Waals surface area contributed by atoms with Crippen molar-refractivity contribution in [3.8, 4) is 0 Å². The van der Waals surface area contributed by atoms with Crippen molar-refractivity contribution in [3.63, 3.8) is 0 Å². The van der Waals surface area contributed by atoms with Crippen molar-refractivity contribution in [3.05, 3.63) is 39.8 Å². The van der Waals surface area contributed by atoms with Crippen LogP contribution in [0.4, 0.5) is 11.4 Å². The highest BCUT2D eigenvalue weighted by molar-refractivity contribution is 7.13. The summed E-state index contributed by atoms with van der Waals surface area (Å²) in [5, 5.41) is 3.68. The number of rotatable bonds is 2. The van der Waals surface area contributed by atoms with Gasteiger partial charge in [0.2, 0.25) is 0 Å². The molecule has 1 amide bonds. The number of para-hydroxylation sites is 1. The fourth-order valence-corrected chi connectivity index (χ4v) is 2.18. The molecule has 0 aliphatic rings. The van der Waals surface area contributed by atoms with Gasteiger partial charge in [-0.2, -0.15) is 0 Å². The van der Waals surface area contributed by atoms with E-state index in [2.05, 4.69) is 10.3 Å². The lowest BCUT2D eigenvalue weighted by Crippen LogP contribution is -2.12. The first kappa shape index (κ1) is 11.6. The van der Waals surface area contributed by atoms with Gasteiger partial charge < -0.3 is 11.1 Å². The van der Waals surface area contributed by atoms with Crippen molar-refractivity contribution in [2.75, 3.05) is 11.1 Å². The molecule has 17 heavy (non-hydrogen) atoms. The molecule has 3 N–H and O–H groups in total. The van der Waals surface area contributed by atoms with E-state index in [0.29, 0.717) is 16.3 Å². The lowest BCUT2D eigenvalue weighted by Gasteiger charge is -2.09. The van der Waals surface area contributed by atoms with Crippen molar-refractivity contribution < 1.29 is 4.79 Å². The van der Waals surface area contributed by atoms with E-state index in [4.69, 9.17) is 5.73 Å². The van der Waals surface area contributed by atoms with Crippen molar-refractivity contribution in [1.82, 2.24) is 4.98 Å². The van der Waals surface area contributed by atoms with Crippen LogP contribution in [0.15, 0.2) is 24.4 Å². The number of aryl methyl sites for hydroxylation is 2. The van der Waals surface area contributed by atoms with Crippen LogP contribution < -0.4 is 11.1 Å². The number of hydrogen-bond donors (Lipinski definition) is 2. The van der Waals surface area contributed by atoms with E-state index in [9.17, 15) is 4.79 Å². The quantitative estimate of drug-likeness (QED) is 0.801. The molecule has 5 heteroatoms. The van der Waals surface area contributed by atoms with Gasteiger partial charge >= 0.3 is 0 Å². The summed E-state index contributed by atoms with van der Waals surface area (Å²) in [6.45, 7) is 3.77. The Hall–Kier alpha value is -1.88. The molecule has 1 aromatic carbocycles. The lowest BCUT2D eigenvalue weighted by atomic mass is 10.1. The molecule has 2 aromatic rings. The second kappa shape index (κ2) is 4.55. The molecule has 0 atom stereocenters. The van der Waals surface area contributed by atoms with Crippen molar-refractivity contribution in [1.29, 1.82) is 0 Å². The number of anilines is 2. The zero-order valence-corrected chi connectivity index (χ0v) is 10.5. The minimum Gasteiger partial charge on any atom is -0.397 e. The zero-order chi connectivity index (χ0) is 12.4. The summed E-state index contributed by atoms with van der Waals surface area (Å²) in [5.41, 5.74) is 8.01. The highest BCUT2D eigenvalue weighted by atomic mass is 32.1. The summed E-state index contributed by atoms with van der Waals surface area (Å²) in [7, 11) is 0. The number of hydrogen-bond acceptors (Lipinski definition) is 4. The first-order valence-corrected chi connectivity index (χ1v) is 5.98. The predicted octanol–water partition coefficient (Wildman–Crippen LogP) is 2.59. The van der Waals surface area contributed by atoms with Crippen LogP contribution in [0.1, 0.15) is 20.2 Å². The minimum absolute atomic E-state index is 0.170. The van der Waals surface area contributed by atoms with Crippen LogP contribution in [0.3, 0.4) is 0 Å².